The lowest BCUT2D eigenvalue weighted by molar-refractivity contribution is 0.640. The Kier molecular flexibility index (Phi) is 6.69. The molecular weight excluding hydrogens is 204 g/mol. The molecule has 0 bridgehead atoms. The molecule has 0 unspecified atom stereocenters. The van der Waals surface area contributed by atoms with Crippen LogP contribution in [-0.4, -0.2) is 0 Å². The zero-order valence-electron chi connectivity index (χ0n) is 11.6. The number of aryl methyl sites for hydroxylation is 1. The van der Waals surface area contributed by atoms with Gasteiger partial charge in [0.25, 0.3) is 0 Å². The first kappa shape index (κ1) is 14.0. The van der Waals surface area contributed by atoms with Gasteiger partial charge in [0.2, 0.25) is 0 Å². The van der Waals surface area contributed by atoms with Gasteiger partial charge in [-0.2, -0.15) is 0 Å². The molecule has 0 aliphatic carbocycles. The van der Waals surface area contributed by atoms with Crippen molar-refractivity contribution in [3.8, 4) is 0 Å². The molecule has 0 saturated heterocycles. The van der Waals surface area contributed by atoms with Gasteiger partial charge in [-0.1, -0.05) is 62.9 Å². The van der Waals surface area contributed by atoms with E-state index in [0.717, 1.165) is 0 Å². The summed E-state index contributed by atoms with van der Waals surface area (Å²) in [6.45, 7) is 6.63. The highest BCUT2D eigenvalue weighted by Crippen LogP contribution is 2.24. The first-order chi connectivity index (χ1) is 8.29. The van der Waals surface area contributed by atoms with E-state index in [1.807, 2.05) is 0 Å². The van der Waals surface area contributed by atoms with Crippen LogP contribution in [0.5, 0.6) is 0 Å². The largest absolute Gasteiger partial charge is 0.0838 e. The summed E-state index contributed by atoms with van der Waals surface area (Å²) >= 11 is 0. The van der Waals surface area contributed by atoms with Crippen molar-refractivity contribution in [2.24, 2.45) is 0 Å². The average molecular weight is 230 g/mol. The van der Waals surface area contributed by atoms with Gasteiger partial charge in [0.1, 0.15) is 0 Å². The third kappa shape index (κ3) is 4.77. The third-order valence-electron chi connectivity index (χ3n) is 3.39. The van der Waals surface area contributed by atoms with Crippen LogP contribution in [0, 0.1) is 6.92 Å². The van der Waals surface area contributed by atoms with Gasteiger partial charge in [0.15, 0.2) is 0 Å². The van der Waals surface area contributed by atoms with Gasteiger partial charge in [0, 0.05) is 0 Å². The molecule has 0 atom stereocenters. The molecule has 0 fully saturated rings. The molecular formula is C17H26. The minimum atomic E-state index is 1.23. The molecule has 0 spiro atoms. The molecule has 0 radical (unpaired) electrons. The maximum atomic E-state index is 2.28. The van der Waals surface area contributed by atoms with Gasteiger partial charge in [-0.15, -0.1) is 0 Å². The van der Waals surface area contributed by atoms with Crippen LogP contribution in [0.4, 0.5) is 0 Å². The fourth-order valence-corrected chi connectivity index (χ4v) is 2.29. The predicted octanol–water partition coefficient (Wildman–Crippen LogP) is 5.76. The minimum Gasteiger partial charge on any atom is -0.0838 e. The maximum absolute atomic E-state index is 2.28. The zero-order chi connectivity index (χ0) is 12.5. The second-order valence-corrected chi connectivity index (χ2v) is 4.79. The molecule has 0 aliphatic heterocycles. The van der Waals surface area contributed by atoms with E-state index in [1.54, 1.807) is 0 Å². The summed E-state index contributed by atoms with van der Waals surface area (Å²) in [6.07, 6.45) is 10.3. The standard InChI is InChI=1S/C17H26/c1-4-6-7-8-9-13-16(5-2)17-14-11-10-12-15(17)3/h5,10-12,14H,4,6-9,13H2,1-3H3/b16-5-. The van der Waals surface area contributed by atoms with Crippen molar-refractivity contribution in [3.63, 3.8) is 0 Å². The normalized spacial score (nSPS) is 11.8. The SMILES string of the molecule is C/C=C(/CCCCCCC)c1ccccc1C. The van der Waals surface area contributed by atoms with Gasteiger partial charge < -0.3 is 0 Å². The van der Waals surface area contributed by atoms with Gasteiger partial charge in [-0.25, -0.2) is 0 Å². The topological polar surface area (TPSA) is 0 Å². The second kappa shape index (κ2) is 8.11. The molecule has 17 heavy (non-hydrogen) atoms. The Morgan fingerprint density at radius 2 is 1.76 bits per heavy atom. The van der Waals surface area contributed by atoms with Crippen molar-refractivity contribution >= 4 is 5.57 Å². The van der Waals surface area contributed by atoms with Crippen molar-refractivity contribution in [3.05, 3.63) is 41.5 Å². The van der Waals surface area contributed by atoms with Crippen LogP contribution in [-0.2, 0) is 0 Å². The predicted molar refractivity (Wildman–Crippen MR) is 78.2 cm³/mol. The van der Waals surface area contributed by atoms with Crippen LogP contribution in [0.3, 0.4) is 0 Å². The Hall–Kier alpha value is -1.04. The highest BCUT2D eigenvalue weighted by Gasteiger charge is 2.03. The highest BCUT2D eigenvalue weighted by molar-refractivity contribution is 5.67. The van der Waals surface area contributed by atoms with E-state index in [2.05, 4.69) is 51.1 Å². The van der Waals surface area contributed by atoms with E-state index in [1.165, 1.54) is 55.2 Å². The fourth-order valence-electron chi connectivity index (χ4n) is 2.29. The van der Waals surface area contributed by atoms with Crippen LogP contribution in [0.2, 0.25) is 0 Å². The Balaban J connectivity index is 2.48. The van der Waals surface area contributed by atoms with Gasteiger partial charge in [0.05, 0.1) is 0 Å². The van der Waals surface area contributed by atoms with E-state index >= 15 is 0 Å². The van der Waals surface area contributed by atoms with Gasteiger partial charge in [-0.3, -0.25) is 0 Å². The molecule has 1 aromatic carbocycles. The molecule has 0 heteroatoms. The Bertz CT molecular complexity index is 347. The van der Waals surface area contributed by atoms with Crippen LogP contribution in [0.25, 0.3) is 5.57 Å². The molecule has 0 N–H and O–H groups in total. The quantitative estimate of drug-likeness (QED) is 0.522. The van der Waals surface area contributed by atoms with Crippen molar-refractivity contribution in [1.82, 2.24) is 0 Å². The summed E-state index contributed by atoms with van der Waals surface area (Å²) in [4.78, 5) is 0. The Labute approximate surface area is 107 Å². The molecule has 0 saturated carbocycles. The lowest BCUT2D eigenvalue weighted by atomic mass is 9.95. The molecule has 94 valence electrons. The number of rotatable bonds is 7. The van der Waals surface area contributed by atoms with E-state index in [0.29, 0.717) is 0 Å². The number of allylic oxidation sites excluding steroid dienone is 2. The van der Waals surface area contributed by atoms with Gasteiger partial charge >= 0.3 is 0 Å². The number of hydrogen-bond acceptors (Lipinski definition) is 0. The van der Waals surface area contributed by atoms with Crippen molar-refractivity contribution in [1.29, 1.82) is 0 Å². The average Bonchev–Trinajstić information content (AvgIpc) is 2.35. The van der Waals surface area contributed by atoms with E-state index < -0.39 is 0 Å². The fraction of sp³-hybridized carbons (Fsp3) is 0.529. The first-order valence-corrected chi connectivity index (χ1v) is 7.00. The monoisotopic (exact) mass is 230 g/mol. The second-order valence-electron chi connectivity index (χ2n) is 4.79. The molecule has 0 nitrogen and oxygen atoms in total. The van der Waals surface area contributed by atoms with Crippen molar-refractivity contribution in [2.75, 3.05) is 0 Å². The van der Waals surface area contributed by atoms with Crippen LogP contribution >= 0.6 is 0 Å². The van der Waals surface area contributed by atoms with Crippen LogP contribution in [0.1, 0.15) is 63.5 Å². The lowest BCUT2D eigenvalue weighted by Gasteiger charge is -2.10. The smallest absolute Gasteiger partial charge is 0.0199 e. The maximum Gasteiger partial charge on any atom is -0.0199 e. The third-order valence-corrected chi connectivity index (χ3v) is 3.39. The Morgan fingerprint density at radius 3 is 2.41 bits per heavy atom. The van der Waals surface area contributed by atoms with Crippen LogP contribution in [0.15, 0.2) is 30.3 Å². The van der Waals surface area contributed by atoms with Gasteiger partial charge in [-0.05, 0) is 43.4 Å². The minimum absolute atomic E-state index is 1.23. The van der Waals surface area contributed by atoms with Crippen molar-refractivity contribution in [2.45, 2.75) is 59.3 Å². The first-order valence-electron chi connectivity index (χ1n) is 7.00. The summed E-state index contributed by atoms with van der Waals surface area (Å²) < 4.78 is 0. The van der Waals surface area contributed by atoms with E-state index in [4.69, 9.17) is 0 Å². The molecule has 0 aliphatic rings. The molecule has 0 aromatic heterocycles. The number of hydrogen-bond donors (Lipinski definition) is 0. The summed E-state index contributed by atoms with van der Waals surface area (Å²) in [7, 11) is 0. The summed E-state index contributed by atoms with van der Waals surface area (Å²) in [5.74, 6) is 0. The highest BCUT2D eigenvalue weighted by atomic mass is 14.1. The lowest BCUT2D eigenvalue weighted by Crippen LogP contribution is -1.89. The van der Waals surface area contributed by atoms with Crippen molar-refractivity contribution < 1.29 is 0 Å². The molecule has 0 heterocycles. The number of unbranched alkanes of at least 4 members (excludes halogenated alkanes) is 4. The Morgan fingerprint density at radius 1 is 1.06 bits per heavy atom. The zero-order valence-corrected chi connectivity index (χ0v) is 11.6. The van der Waals surface area contributed by atoms with Crippen LogP contribution < -0.4 is 0 Å². The molecule has 0 amide bonds. The molecule has 1 rings (SSSR count). The van der Waals surface area contributed by atoms with E-state index in [-0.39, 0.29) is 0 Å². The van der Waals surface area contributed by atoms with E-state index in [9.17, 15) is 0 Å². The summed E-state index contributed by atoms with van der Waals surface area (Å²) in [6, 6.07) is 8.71. The summed E-state index contributed by atoms with van der Waals surface area (Å²) in [5.41, 5.74) is 4.35. The molecule has 1 aromatic rings. The number of benzene rings is 1. The summed E-state index contributed by atoms with van der Waals surface area (Å²) in [5, 5.41) is 0.